The summed E-state index contributed by atoms with van der Waals surface area (Å²) in [7, 11) is 1.58. The van der Waals surface area contributed by atoms with Crippen LogP contribution in [0.25, 0.3) is 10.9 Å². The van der Waals surface area contributed by atoms with Gasteiger partial charge in [-0.3, -0.25) is 15.0 Å². The number of fused-ring (bicyclic) bond motifs is 1. The number of nitrogens with zero attached hydrogens (tertiary/aromatic N) is 7. The Labute approximate surface area is 171 Å². The fourth-order valence-corrected chi connectivity index (χ4v) is 3.44. The van der Waals surface area contributed by atoms with Crippen molar-refractivity contribution in [2.45, 2.75) is 13.2 Å². The molecule has 4 rings (SSSR count). The van der Waals surface area contributed by atoms with Crippen LogP contribution in [0.1, 0.15) is 17.3 Å². The van der Waals surface area contributed by atoms with Gasteiger partial charge in [-0.1, -0.05) is 5.16 Å². The largest absolute Gasteiger partial charge is 0.377 e. The lowest BCUT2D eigenvalue weighted by atomic mass is 10.1. The summed E-state index contributed by atoms with van der Waals surface area (Å²) in [4.78, 5) is 23.8. The van der Waals surface area contributed by atoms with Gasteiger partial charge in [-0.15, -0.1) is 0 Å². The average Bonchev–Trinajstić information content (AvgIpc) is 3.20. The van der Waals surface area contributed by atoms with Gasteiger partial charge in [0.25, 0.3) is 5.69 Å². The fourth-order valence-electron chi connectivity index (χ4n) is 3.44. The van der Waals surface area contributed by atoms with Crippen LogP contribution >= 0.6 is 0 Å². The van der Waals surface area contributed by atoms with Crippen LogP contribution in [-0.4, -0.2) is 58.2 Å². The zero-order valence-electron chi connectivity index (χ0n) is 16.3. The third kappa shape index (κ3) is 4.05. The number of piperazine rings is 1. The molecule has 2 aromatic heterocycles. The molecular formula is C19H19N7O4. The highest BCUT2D eigenvalue weighted by molar-refractivity contribution is 5.88. The minimum atomic E-state index is -0.477. The Morgan fingerprint density at radius 2 is 2.07 bits per heavy atom. The molecule has 11 nitrogen and oxygen atoms in total. The standard InChI is InChI=1S/C19H19N7O4/c1-29-12-17-22-19(30-23-17)11-24-4-6-25(7-5-24)18-8-13(10-20)15-9-14(26(27)28)2-3-16(15)21-18/h2-3,8-9H,4-7,11-12H2,1H3. The molecule has 0 N–H and O–H groups in total. The van der Waals surface area contributed by atoms with Crippen LogP contribution in [0.5, 0.6) is 0 Å². The first-order chi connectivity index (χ1) is 14.6. The lowest BCUT2D eigenvalue weighted by Gasteiger charge is -2.34. The lowest BCUT2D eigenvalue weighted by molar-refractivity contribution is -0.384. The van der Waals surface area contributed by atoms with E-state index in [1.807, 2.05) is 0 Å². The van der Waals surface area contributed by atoms with E-state index < -0.39 is 4.92 Å². The van der Waals surface area contributed by atoms with Gasteiger partial charge in [0.15, 0.2) is 5.82 Å². The van der Waals surface area contributed by atoms with E-state index in [0.29, 0.717) is 47.2 Å². The highest BCUT2D eigenvalue weighted by Crippen LogP contribution is 2.27. The van der Waals surface area contributed by atoms with Gasteiger partial charge in [-0.05, 0) is 12.1 Å². The number of anilines is 1. The van der Waals surface area contributed by atoms with Crippen LogP contribution < -0.4 is 4.90 Å². The molecular weight excluding hydrogens is 390 g/mol. The van der Waals surface area contributed by atoms with E-state index in [2.05, 4.69) is 31.0 Å². The summed E-state index contributed by atoms with van der Waals surface area (Å²) in [5, 5.41) is 24.9. The zero-order valence-corrected chi connectivity index (χ0v) is 16.3. The van der Waals surface area contributed by atoms with Crippen molar-refractivity contribution in [3.8, 4) is 6.07 Å². The Kier molecular flexibility index (Phi) is 5.51. The first-order valence-corrected chi connectivity index (χ1v) is 9.34. The summed E-state index contributed by atoms with van der Waals surface area (Å²) in [6.07, 6.45) is 0. The number of ether oxygens (including phenoxy) is 1. The van der Waals surface area contributed by atoms with Crippen molar-refractivity contribution in [3.05, 3.63) is 51.7 Å². The number of nitro benzene ring substituents is 1. The molecule has 154 valence electrons. The van der Waals surface area contributed by atoms with Gasteiger partial charge >= 0.3 is 0 Å². The Morgan fingerprint density at radius 1 is 1.27 bits per heavy atom. The average molecular weight is 409 g/mol. The number of rotatable bonds is 6. The van der Waals surface area contributed by atoms with Crippen LogP contribution in [-0.2, 0) is 17.9 Å². The molecule has 1 aromatic carbocycles. The second-order valence-corrected chi connectivity index (χ2v) is 6.90. The molecule has 0 spiro atoms. The second-order valence-electron chi connectivity index (χ2n) is 6.90. The van der Waals surface area contributed by atoms with Crippen molar-refractivity contribution in [2.75, 3.05) is 38.2 Å². The van der Waals surface area contributed by atoms with Gasteiger partial charge in [0.05, 0.1) is 28.6 Å². The molecule has 0 unspecified atom stereocenters. The van der Waals surface area contributed by atoms with E-state index in [1.165, 1.54) is 12.1 Å². The summed E-state index contributed by atoms with van der Waals surface area (Å²) < 4.78 is 10.2. The van der Waals surface area contributed by atoms with Crippen LogP contribution in [0.4, 0.5) is 11.5 Å². The maximum absolute atomic E-state index is 11.0. The minimum Gasteiger partial charge on any atom is -0.377 e. The van der Waals surface area contributed by atoms with E-state index in [0.717, 1.165) is 26.2 Å². The molecule has 0 bridgehead atoms. The Hall–Kier alpha value is -3.62. The van der Waals surface area contributed by atoms with Crippen molar-refractivity contribution in [2.24, 2.45) is 0 Å². The summed E-state index contributed by atoms with van der Waals surface area (Å²) >= 11 is 0. The van der Waals surface area contributed by atoms with E-state index in [1.54, 1.807) is 19.2 Å². The number of hydrogen-bond donors (Lipinski definition) is 0. The zero-order chi connectivity index (χ0) is 21.1. The highest BCUT2D eigenvalue weighted by Gasteiger charge is 2.21. The number of aromatic nitrogens is 3. The smallest absolute Gasteiger partial charge is 0.270 e. The number of benzene rings is 1. The van der Waals surface area contributed by atoms with Crippen molar-refractivity contribution in [3.63, 3.8) is 0 Å². The van der Waals surface area contributed by atoms with Crippen LogP contribution in [0.2, 0.25) is 0 Å². The molecule has 0 amide bonds. The van der Waals surface area contributed by atoms with E-state index in [9.17, 15) is 15.4 Å². The summed E-state index contributed by atoms with van der Waals surface area (Å²) in [5.41, 5.74) is 0.878. The van der Waals surface area contributed by atoms with E-state index >= 15 is 0 Å². The predicted octanol–water partition coefficient (Wildman–Crippen LogP) is 1.87. The van der Waals surface area contributed by atoms with Crippen molar-refractivity contribution < 1.29 is 14.2 Å². The molecule has 11 heteroatoms. The van der Waals surface area contributed by atoms with Gasteiger partial charge in [0.2, 0.25) is 5.89 Å². The lowest BCUT2D eigenvalue weighted by Crippen LogP contribution is -2.46. The van der Waals surface area contributed by atoms with Crippen molar-refractivity contribution in [1.29, 1.82) is 5.26 Å². The van der Waals surface area contributed by atoms with Gasteiger partial charge < -0.3 is 14.2 Å². The maximum Gasteiger partial charge on any atom is 0.270 e. The number of hydrogen-bond acceptors (Lipinski definition) is 10. The van der Waals surface area contributed by atoms with Crippen molar-refractivity contribution >= 4 is 22.4 Å². The summed E-state index contributed by atoms with van der Waals surface area (Å²) in [6.45, 7) is 3.84. The molecule has 1 saturated heterocycles. The van der Waals surface area contributed by atoms with Gasteiger partial charge in [-0.2, -0.15) is 10.2 Å². The van der Waals surface area contributed by atoms with Crippen LogP contribution in [0.15, 0.2) is 28.8 Å². The molecule has 0 atom stereocenters. The highest BCUT2D eigenvalue weighted by atomic mass is 16.6. The molecule has 3 heterocycles. The topological polar surface area (TPSA) is 134 Å². The first kappa shape index (κ1) is 19.7. The third-order valence-corrected chi connectivity index (χ3v) is 4.95. The number of pyridine rings is 1. The second kappa shape index (κ2) is 8.40. The monoisotopic (exact) mass is 409 g/mol. The molecule has 1 aliphatic rings. The Balaban J connectivity index is 1.46. The first-order valence-electron chi connectivity index (χ1n) is 9.34. The van der Waals surface area contributed by atoms with Gasteiger partial charge in [0, 0.05) is 50.8 Å². The molecule has 0 radical (unpaired) electrons. The summed E-state index contributed by atoms with van der Waals surface area (Å²) in [6, 6.07) is 8.20. The Bertz CT molecular complexity index is 1120. The fraction of sp³-hybridized carbons (Fsp3) is 0.368. The van der Waals surface area contributed by atoms with Gasteiger partial charge in [-0.25, -0.2) is 4.98 Å². The molecule has 1 aliphatic heterocycles. The third-order valence-electron chi connectivity index (χ3n) is 4.95. The number of methoxy groups -OCH3 is 1. The van der Waals surface area contributed by atoms with E-state index in [4.69, 9.17) is 9.26 Å². The van der Waals surface area contributed by atoms with Gasteiger partial charge in [0.1, 0.15) is 12.4 Å². The number of non-ortho nitro benzene ring substituents is 1. The SMILES string of the molecule is COCc1noc(CN2CCN(c3cc(C#N)c4cc([N+](=O)[O-])ccc4n3)CC2)n1. The molecule has 3 aromatic rings. The molecule has 0 saturated carbocycles. The normalized spacial score (nSPS) is 14.7. The molecule has 30 heavy (non-hydrogen) atoms. The Morgan fingerprint density at radius 3 is 2.77 bits per heavy atom. The predicted molar refractivity (Wildman–Crippen MR) is 106 cm³/mol. The quantitative estimate of drug-likeness (QED) is 0.438. The molecule has 1 fully saturated rings. The van der Waals surface area contributed by atoms with E-state index in [-0.39, 0.29) is 5.69 Å². The minimum absolute atomic E-state index is 0.0585. The maximum atomic E-state index is 11.0. The number of nitro groups is 1. The molecule has 0 aliphatic carbocycles. The van der Waals surface area contributed by atoms with Crippen molar-refractivity contribution in [1.82, 2.24) is 20.0 Å². The number of nitriles is 1. The van der Waals surface area contributed by atoms with Crippen LogP contribution in [0, 0.1) is 21.4 Å². The summed E-state index contributed by atoms with van der Waals surface area (Å²) in [5.74, 6) is 1.76. The van der Waals surface area contributed by atoms with Crippen LogP contribution in [0.3, 0.4) is 0 Å².